The van der Waals surface area contributed by atoms with Crippen molar-refractivity contribution in [2.45, 2.75) is 56.2 Å². The highest BCUT2D eigenvalue weighted by molar-refractivity contribution is 5.91. The molecule has 0 unspecified atom stereocenters. The van der Waals surface area contributed by atoms with E-state index in [-0.39, 0.29) is 55.9 Å². The van der Waals surface area contributed by atoms with Crippen molar-refractivity contribution in [2.24, 2.45) is 0 Å². The first-order valence-electron chi connectivity index (χ1n) is 13.8. The van der Waals surface area contributed by atoms with Crippen LogP contribution in [0.5, 0.6) is 17.9 Å². The summed E-state index contributed by atoms with van der Waals surface area (Å²) in [4.78, 5) is 35.5. The van der Waals surface area contributed by atoms with E-state index in [0.29, 0.717) is 37.1 Å². The number of rotatable bonds is 11. The van der Waals surface area contributed by atoms with E-state index in [0.717, 1.165) is 11.8 Å². The second-order valence-corrected chi connectivity index (χ2v) is 10.2. The van der Waals surface area contributed by atoms with Crippen molar-refractivity contribution in [1.82, 2.24) is 30.2 Å². The molecule has 1 aliphatic heterocycles. The van der Waals surface area contributed by atoms with Gasteiger partial charge in [-0.2, -0.15) is 4.98 Å². The molecule has 2 amide bonds. The number of anilines is 1. The number of carbonyl (C=O) groups is 1. The number of aliphatic hydroxyl groups excluding tert-OH is 1. The summed E-state index contributed by atoms with van der Waals surface area (Å²) in [5.74, 6) is -3.09. The normalized spacial score (nSPS) is 18.8. The smallest absolute Gasteiger partial charge is 0.323 e. The Kier molecular flexibility index (Phi) is 9.62. The molecule has 44 heavy (non-hydrogen) atoms. The monoisotopic (exact) mass is 615 g/mol. The maximum absolute atomic E-state index is 13.2. The van der Waals surface area contributed by atoms with E-state index >= 15 is 0 Å². The van der Waals surface area contributed by atoms with E-state index in [9.17, 15) is 30.3 Å². The second-order valence-electron chi connectivity index (χ2n) is 10.2. The highest BCUT2D eigenvalue weighted by Crippen LogP contribution is 2.32. The molecule has 3 aromatic heterocycles. The van der Waals surface area contributed by atoms with Crippen LogP contribution in [-0.2, 0) is 10.7 Å². The number of hydrogen-bond acceptors (Lipinski definition) is 15. The molecule has 6 N–H and O–H groups in total. The lowest BCUT2D eigenvalue weighted by atomic mass is 9.92. The van der Waals surface area contributed by atoms with Gasteiger partial charge in [0.25, 0.3) is 0 Å². The van der Waals surface area contributed by atoms with Crippen LogP contribution in [0.15, 0.2) is 36.9 Å². The number of nitrogens with zero attached hydrogens (tertiary/aromatic N) is 6. The van der Waals surface area contributed by atoms with Crippen molar-refractivity contribution in [1.29, 1.82) is 0 Å². The summed E-state index contributed by atoms with van der Waals surface area (Å²) in [5.41, 5.74) is 0.988. The first-order valence-corrected chi connectivity index (χ1v) is 13.8. The SMILES string of the molecule is COc1ncc(-c2ccc(N(C(=O)NCC(O)O)C3CCC(Oc4ncc(C(O)(O)O)c(OC5COC5)n4)CC3)nc2)cn1. The van der Waals surface area contributed by atoms with Gasteiger partial charge in [0.15, 0.2) is 6.29 Å². The number of carbonyl (C=O) groups excluding carboxylic acids is 1. The second kappa shape index (κ2) is 13.6. The zero-order valence-electron chi connectivity index (χ0n) is 23.7. The molecule has 0 bridgehead atoms. The number of ether oxygens (including phenoxy) is 4. The molecule has 4 heterocycles. The van der Waals surface area contributed by atoms with Crippen LogP contribution in [0.25, 0.3) is 11.1 Å². The van der Waals surface area contributed by atoms with Crippen LogP contribution < -0.4 is 24.4 Å². The number of aromatic nitrogens is 5. The minimum absolute atomic E-state index is 0.0806. The standard InChI is InChI=1S/C27H33N7O10/c1-41-24-29-9-16(10-30-24)15-2-7-21(28-8-15)34(26(37)32-12-22(35)36)17-3-5-18(6-4-17)44-25-31-11-20(27(38,39)40)23(33-25)43-19-13-42-14-19/h2,7-11,17-19,22,35-36,38-40H,3-6,12-14H2,1H3,(H,32,37). The van der Waals surface area contributed by atoms with E-state index < -0.39 is 23.9 Å². The third kappa shape index (κ3) is 7.62. The predicted octanol–water partition coefficient (Wildman–Crippen LogP) is -0.581. The van der Waals surface area contributed by atoms with Crippen LogP contribution in [-0.4, -0.2) is 108 Å². The van der Waals surface area contributed by atoms with Crippen molar-refractivity contribution in [2.75, 3.05) is 31.8 Å². The van der Waals surface area contributed by atoms with E-state index in [1.165, 1.54) is 12.0 Å². The highest BCUT2D eigenvalue weighted by Gasteiger charge is 2.34. The van der Waals surface area contributed by atoms with Crippen LogP contribution in [0, 0.1) is 0 Å². The summed E-state index contributed by atoms with van der Waals surface area (Å²) in [7, 11) is 1.47. The molecule has 17 nitrogen and oxygen atoms in total. The molecule has 2 aliphatic rings. The maximum atomic E-state index is 13.2. The Balaban J connectivity index is 1.27. The molecular weight excluding hydrogens is 582 g/mol. The summed E-state index contributed by atoms with van der Waals surface area (Å²) in [6.07, 6.45) is 5.37. The molecule has 0 spiro atoms. The van der Waals surface area contributed by atoms with Crippen molar-refractivity contribution in [3.05, 3.63) is 42.5 Å². The maximum Gasteiger partial charge on any atom is 0.323 e. The Morgan fingerprint density at radius 2 is 1.64 bits per heavy atom. The van der Waals surface area contributed by atoms with Crippen molar-refractivity contribution >= 4 is 11.8 Å². The molecule has 0 radical (unpaired) electrons. The zero-order valence-corrected chi connectivity index (χ0v) is 23.7. The molecule has 1 saturated heterocycles. The van der Waals surface area contributed by atoms with Crippen molar-refractivity contribution < 1.29 is 49.3 Å². The highest BCUT2D eigenvalue weighted by atomic mass is 16.7. The van der Waals surface area contributed by atoms with Crippen LogP contribution in [0.1, 0.15) is 31.2 Å². The van der Waals surface area contributed by atoms with Gasteiger partial charge in [0.2, 0.25) is 5.88 Å². The lowest BCUT2D eigenvalue weighted by Gasteiger charge is -2.36. The summed E-state index contributed by atoms with van der Waals surface area (Å²) in [6, 6.07) is 2.77. The van der Waals surface area contributed by atoms with Gasteiger partial charge in [-0.15, -0.1) is 0 Å². The largest absolute Gasteiger partial charge is 0.469 e. The van der Waals surface area contributed by atoms with Crippen molar-refractivity contribution in [3.8, 4) is 29.0 Å². The first-order chi connectivity index (χ1) is 21.1. The van der Waals surface area contributed by atoms with Gasteiger partial charge in [0.05, 0.1) is 26.9 Å². The summed E-state index contributed by atoms with van der Waals surface area (Å²) in [5, 5.41) is 50.1. The summed E-state index contributed by atoms with van der Waals surface area (Å²) < 4.78 is 21.6. The van der Waals surface area contributed by atoms with Gasteiger partial charge in [-0.05, 0) is 37.8 Å². The molecule has 17 heteroatoms. The fourth-order valence-corrected chi connectivity index (χ4v) is 4.73. The lowest BCUT2D eigenvalue weighted by molar-refractivity contribution is -0.325. The average molecular weight is 616 g/mol. The predicted molar refractivity (Wildman–Crippen MR) is 148 cm³/mol. The molecule has 3 aromatic rings. The number of nitrogens with one attached hydrogen (secondary N) is 1. The number of urea groups is 1. The fraction of sp³-hybridized carbons (Fsp3) is 0.481. The molecule has 0 aromatic carbocycles. The lowest BCUT2D eigenvalue weighted by Crippen LogP contribution is -2.50. The van der Waals surface area contributed by atoms with Gasteiger partial charge in [-0.25, -0.2) is 24.7 Å². The third-order valence-corrected chi connectivity index (χ3v) is 7.05. The first kappa shape index (κ1) is 31.2. The average Bonchev–Trinajstić information content (AvgIpc) is 2.99. The Bertz CT molecular complexity index is 1390. The van der Waals surface area contributed by atoms with Gasteiger partial charge < -0.3 is 49.8 Å². The summed E-state index contributed by atoms with van der Waals surface area (Å²) in [6.45, 7) is 0.206. The number of amides is 2. The van der Waals surface area contributed by atoms with Crippen molar-refractivity contribution in [3.63, 3.8) is 0 Å². The Morgan fingerprint density at radius 1 is 0.955 bits per heavy atom. The third-order valence-electron chi connectivity index (χ3n) is 7.05. The van der Waals surface area contributed by atoms with E-state index in [4.69, 9.17) is 18.9 Å². The number of hydrogen-bond donors (Lipinski definition) is 6. The van der Waals surface area contributed by atoms with E-state index in [1.807, 2.05) is 0 Å². The van der Waals surface area contributed by atoms with E-state index in [1.54, 1.807) is 30.7 Å². The molecular formula is C27H33N7O10. The van der Waals surface area contributed by atoms with Crippen LogP contribution >= 0.6 is 0 Å². The van der Waals surface area contributed by atoms with Crippen LogP contribution in [0.2, 0.25) is 0 Å². The van der Waals surface area contributed by atoms with E-state index in [2.05, 4.69) is 30.2 Å². The zero-order chi connectivity index (χ0) is 31.3. The summed E-state index contributed by atoms with van der Waals surface area (Å²) >= 11 is 0. The minimum atomic E-state index is -3.21. The van der Waals surface area contributed by atoms with Gasteiger partial charge in [0, 0.05) is 42.0 Å². The van der Waals surface area contributed by atoms with Gasteiger partial charge in [0.1, 0.15) is 23.6 Å². The number of aliphatic hydroxyl groups is 5. The molecule has 1 aliphatic carbocycles. The molecule has 236 valence electrons. The Labute approximate surface area is 251 Å². The van der Waals surface area contributed by atoms with Crippen LogP contribution in [0.4, 0.5) is 10.6 Å². The Morgan fingerprint density at radius 3 is 2.20 bits per heavy atom. The molecule has 2 fully saturated rings. The van der Waals surface area contributed by atoms with Gasteiger partial charge in [-0.1, -0.05) is 0 Å². The minimum Gasteiger partial charge on any atom is -0.469 e. The Hall–Kier alpha value is -4.26. The fourth-order valence-electron chi connectivity index (χ4n) is 4.73. The topological polar surface area (TPSA) is 235 Å². The van der Waals surface area contributed by atoms with Gasteiger partial charge >= 0.3 is 24.0 Å². The quantitative estimate of drug-likeness (QED) is 0.148. The molecule has 1 saturated carbocycles. The number of methoxy groups -OCH3 is 1. The number of pyridine rings is 1. The molecule has 5 rings (SSSR count). The molecule has 0 atom stereocenters. The van der Waals surface area contributed by atoms with Crippen LogP contribution in [0.3, 0.4) is 0 Å². The van der Waals surface area contributed by atoms with Gasteiger partial charge in [-0.3, -0.25) is 4.90 Å².